The van der Waals surface area contributed by atoms with Crippen molar-refractivity contribution < 1.29 is 13.9 Å². The van der Waals surface area contributed by atoms with Gasteiger partial charge in [-0.3, -0.25) is 9.78 Å². The molecule has 158 valence electrons. The first kappa shape index (κ1) is 22.1. The van der Waals surface area contributed by atoms with Gasteiger partial charge in [0.1, 0.15) is 18.2 Å². The molecule has 0 spiro atoms. The molecule has 1 heterocycles. The largest absolute Gasteiger partial charge is 0.489 e. The highest BCUT2D eigenvalue weighted by Crippen LogP contribution is 2.25. The monoisotopic (exact) mass is 437 g/mol. The number of benzene rings is 3. The van der Waals surface area contributed by atoms with Crippen molar-refractivity contribution >= 4 is 40.6 Å². The maximum absolute atomic E-state index is 13.0. The van der Waals surface area contributed by atoms with Crippen molar-refractivity contribution in [2.75, 3.05) is 11.1 Å². The number of hydrogen-bond donors (Lipinski definition) is 2. The number of hydrogen-bond acceptors (Lipinski definition) is 4. The molecule has 0 aliphatic heterocycles. The Bertz CT molecular complexity index is 1230. The number of anilines is 2. The predicted octanol–water partition coefficient (Wildman–Crippen LogP) is 5.52. The standard InChI is InChI=1S/C24H20FN3O2.ClH/c1-15-12-22(26)21-13-18(8-11-23(21)27-15)28-24(29)20-5-3-2-4-16(20)14-30-19-9-6-17(25)7-10-19;/h2-13H,14H2,1H3,(H2,26,27)(H,28,29);1H. The molecule has 5 nitrogen and oxygen atoms in total. The highest BCUT2D eigenvalue weighted by molar-refractivity contribution is 6.06. The second-order valence-corrected chi connectivity index (χ2v) is 6.94. The van der Waals surface area contributed by atoms with E-state index < -0.39 is 0 Å². The molecule has 7 heteroatoms. The van der Waals surface area contributed by atoms with E-state index in [1.54, 1.807) is 36.4 Å². The van der Waals surface area contributed by atoms with Gasteiger partial charge in [0.2, 0.25) is 0 Å². The molecule has 0 saturated heterocycles. The predicted molar refractivity (Wildman–Crippen MR) is 123 cm³/mol. The summed E-state index contributed by atoms with van der Waals surface area (Å²) in [6.45, 7) is 2.07. The van der Waals surface area contributed by atoms with E-state index in [0.29, 0.717) is 22.7 Å². The number of ether oxygens (including phenoxy) is 1. The Kier molecular flexibility index (Phi) is 6.72. The van der Waals surface area contributed by atoms with Gasteiger partial charge in [-0.2, -0.15) is 0 Å². The fraction of sp³-hybridized carbons (Fsp3) is 0.0833. The van der Waals surface area contributed by atoms with Crippen LogP contribution in [-0.4, -0.2) is 10.9 Å². The quantitative estimate of drug-likeness (QED) is 0.431. The van der Waals surface area contributed by atoms with Gasteiger partial charge in [0.15, 0.2) is 0 Å². The van der Waals surface area contributed by atoms with Crippen molar-refractivity contribution in [1.82, 2.24) is 4.98 Å². The fourth-order valence-electron chi connectivity index (χ4n) is 3.23. The Labute approximate surface area is 185 Å². The van der Waals surface area contributed by atoms with Crippen LogP contribution < -0.4 is 15.8 Å². The van der Waals surface area contributed by atoms with Crippen LogP contribution in [0.15, 0.2) is 72.8 Å². The van der Waals surface area contributed by atoms with Gasteiger partial charge in [-0.1, -0.05) is 18.2 Å². The SMILES string of the molecule is Cc1cc(N)c2cc(NC(=O)c3ccccc3COc3ccc(F)cc3)ccc2n1.Cl. The summed E-state index contributed by atoms with van der Waals surface area (Å²) in [6, 6.07) is 20.2. The lowest BCUT2D eigenvalue weighted by molar-refractivity contribution is 0.102. The first-order valence-electron chi connectivity index (χ1n) is 9.44. The van der Waals surface area contributed by atoms with Crippen LogP contribution in [-0.2, 0) is 6.61 Å². The van der Waals surface area contributed by atoms with Crippen LogP contribution in [0.25, 0.3) is 10.9 Å². The lowest BCUT2D eigenvalue weighted by atomic mass is 10.1. The zero-order valence-electron chi connectivity index (χ0n) is 16.8. The molecule has 3 N–H and O–H groups in total. The third-order valence-electron chi connectivity index (χ3n) is 4.70. The lowest BCUT2D eigenvalue weighted by Gasteiger charge is -2.12. The molecule has 4 rings (SSSR count). The third kappa shape index (κ3) is 5.10. The van der Waals surface area contributed by atoms with Crippen molar-refractivity contribution in [3.8, 4) is 5.75 Å². The average molecular weight is 438 g/mol. The topological polar surface area (TPSA) is 77.2 Å². The molecular weight excluding hydrogens is 417 g/mol. The maximum Gasteiger partial charge on any atom is 0.256 e. The number of carbonyl (C=O) groups excluding carboxylic acids is 1. The molecule has 0 aliphatic rings. The van der Waals surface area contributed by atoms with Crippen molar-refractivity contribution in [2.45, 2.75) is 13.5 Å². The zero-order valence-corrected chi connectivity index (χ0v) is 17.6. The number of amides is 1. The van der Waals surface area contributed by atoms with Gasteiger partial charge < -0.3 is 15.8 Å². The molecule has 31 heavy (non-hydrogen) atoms. The minimum absolute atomic E-state index is 0. The van der Waals surface area contributed by atoms with Gasteiger partial charge >= 0.3 is 0 Å². The van der Waals surface area contributed by atoms with Crippen molar-refractivity contribution in [1.29, 1.82) is 0 Å². The van der Waals surface area contributed by atoms with Crippen LogP contribution in [0.4, 0.5) is 15.8 Å². The minimum Gasteiger partial charge on any atom is -0.489 e. The van der Waals surface area contributed by atoms with E-state index in [4.69, 9.17) is 10.5 Å². The molecule has 0 aliphatic carbocycles. The highest BCUT2D eigenvalue weighted by Gasteiger charge is 2.13. The molecule has 0 atom stereocenters. The first-order chi connectivity index (χ1) is 14.5. The Hall–Kier alpha value is -3.64. The summed E-state index contributed by atoms with van der Waals surface area (Å²) in [5.41, 5.74) is 10.2. The third-order valence-corrected chi connectivity index (χ3v) is 4.70. The molecule has 0 fully saturated rings. The summed E-state index contributed by atoms with van der Waals surface area (Å²) in [6.07, 6.45) is 0. The average Bonchev–Trinajstić information content (AvgIpc) is 2.74. The molecule has 3 aromatic carbocycles. The number of aryl methyl sites for hydroxylation is 1. The number of aromatic nitrogens is 1. The number of nitrogens with zero attached hydrogens (tertiary/aromatic N) is 1. The number of pyridine rings is 1. The van der Waals surface area contributed by atoms with Crippen LogP contribution >= 0.6 is 12.4 Å². The number of fused-ring (bicyclic) bond motifs is 1. The van der Waals surface area contributed by atoms with Gasteiger partial charge in [0.05, 0.1) is 5.52 Å². The van der Waals surface area contributed by atoms with Crippen LogP contribution in [0.5, 0.6) is 5.75 Å². The fourth-order valence-corrected chi connectivity index (χ4v) is 3.23. The Morgan fingerprint density at radius 3 is 2.58 bits per heavy atom. The number of rotatable bonds is 5. The molecule has 1 aromatic heterocycles. The van der Waals surface area contributed by atoms with E-state index in [-0.39, 0.29) is 30.7 Å². The van der Waals surface area contributed by atoms with E-state index >= 15 is 0 Å². The lowest BCUT2D eigenvalue weighted by Crippen LogP contribution is -2.15. The van der Waals surface area contributed by atoms with Gasteiger partial charge in [0, 0.05) is 33.6 Å². The molecule has 0 saturated carbocycles. The molecule has 0 unspecified atom stereocenters. The van der Waals surface area contributed by atoms with Gasteiger partial charge in [-0.05, 0) is 61.5 Å². The summed E-state index contributed by atoms with van der Waals surface area (Å²) < 4.78 is 18.7. The number of nitrogens with two attached hydrogens (primary N) is 1. The highest BCUT2D eigenvalue weighted by atomic mass is 35.5. The number of nitrogen functional groups attached to an aromatic ring is 1. The molecule has 1 amide bonds. The van der Waals surface area contributed by atoms with E-state index in [0.717, 1.165) is 22.2 Å². The van der Waals surface area contributed by atoms with Gasteiger partial charge in [-0.25, -0.2) is 4.39 Å². The molecule has 4 aromatic rings. The summed E-state index contributed by atoms with van der Waals surface area (Å²) >= 11 is 0. The van der Waals surface area contributed by atoms with Crippen LogP contribution in [0.3, 0.4) is 0 Å². The van der Waals surface area contributed by atoms with Gasteiger partial charge in [0.25, 0.3) is 5.91 Å². The van der Waals surface area contributed by atoms with Crippen molar-refractivity contribution in [3.63, 3.8) is 0 Å². The molecule has 0 bridgehead atoms. The van der Waals surface area contributed by atoms with Crippen LogP contribution in [0.2, 0.25) is 0 Å². The number of carbonyl (C=O) groups is 1. The maximum atomic E-state index is 13.0. The molecule has 0 radical (unpaired) electrons. The molecular formula is C24H21ClFN3O2. The summed E-state index contributed by atoms with van der Waals surface area (Å²) in [7, 11) is 0. The second-order valence-electron chi connectivity index (χ2n) is 6.94. The van der Waals surface area contributed by atoms with E-state index in [9.17, 15) is 9.18 Å². The summed E-state index contributed by atoms with van der Waals surface area (Å²) in [5.74, 6) is -0.0609. The van der Waals surface area contributed by atoms with Gasteiger partial charge in [-0.15, -0.1) is 12.4 Å². The van der Waals surface area contributed by atoms with Crippen molar-refractivity contribution in [2.24, 2.45) is 0 Å². The van der Waals surface area contributed by atoms with E-state index in [1.807, 2.05) is 31.2 Å². The number of halogens is 2. The Morgan fingerprint density at radius 2 is 1.81 bits per heavy atom. The smallest absolute Gasteiger partial charge is 0.256 e. The summed E-state index contributed by atoms with van der Waals surface area (Å²) in [4.78, 5) is 17.4. The Balaban J connectivity index is 0.00000272. The van der Waals surface area contributed by atoms with Crippen molar-refractivity contribution in [3.05, 3.63) is 95.4 Å². The van der Waals surface area contributed by atoms with Crippen LogP contribution in [0, 0.1) is 12.7 Å². The minimum atomic E-state index is -0.330. The van der Waals surface area contributed by atoms with E-state index in [1.165, 1.54) is 12.1 Å². The number of nitrogens with one attached hydrogen (secondary N) is 1. The normalized spacial score (nSPS) is 10.4. The van der Waals surface area contributed by atoms with E-state index in [2.05, 4.69) is 10.3 Å². The Morgan fingerprint density at radius 1 is 1.06 bits per heavy atom. The summed E-state index contributed by atoms with van der Waals surface area (Å²) in [5, 5.41) is 3.69. The second kappa shape index (κ2) is 9.45. The van der Waals surface area contributed by atoms with Crippen LogP contribution in [0.1, 0.15) is 21.6 Å². The first-order valence-corrected chi connectivity index (χ1v) is 9.44. The zero-order chi connectivity index (χ0) is 21.1.